The number of amides is 1. The molecule has 0 N–H and O–H groups in total. The van der Waals surface area contributed by atoms with E-state index in [1.807, 2.05) is 29.4 Å². The number of fused-ring (bicyclic) bond motifs is 2. The highest BCUT2D eigenvalue weighted by molar-refractivity contribution is 7.98. The maximum absolute atomic E-state index is 12.7. The topological polar surface area (TPSA) is 46.6 Å². The van der Waals surface area contributed by atoms with E-state index >= 15 is 0 Å². The van der Waals surface area contributed by atoms with E-state index in [4.69, 9.17) is 4.74 Å². The molecule has 1 heterocycles. The molecule has 5 heteroatoms. The zero-order valence-corrected chi connectivity index (χ0v) is 16.3. The number of ether oxygens (including phenoxy) is 1. The lowest BCUT2D eigenvalue weighted by atomic mass is 9.65. The lowest BCUT2D eigenvalue weighted by Gasteiger charge is -2.39. The predicted octanol–water partition coefficient (Wildman–Crippen LogP) is 3.99. The number of benzene rings is 1. The lowest BCUT2D eigenvalue weighted by molar-refractivity contribution is -0.135. The Morgan fingerprint density at radius 2 is 1.96 bits per heavy atom. The van der Waals surface area contributed by atoms with E-state index in [0.29, 0.717) is 5.56 Å². The molecule has 0 radical (unpaired) electrons. The van der Waals surface area contributed by atoms with Gasteiger partial charge in [0.05, 0.1) is 5.56 Å². The molecule has 2 aliphatic rings. The smallest absolute Gasteiger partial charge is 0.339 e. The highest BCUT2D eigenvalue weighted by Gasteiger charge is 2.50. The van der Waals surface area contributed by atoms with Crippen LogP contribution in [0.15, 0.2) is 29.2 Å². The van der Waals surface area contributed by atoms with Crippen LogP contribution in [0.3, 0.4) is 0 Å². The van der Waals surface area contributed by atoms with E-state index in [2.05, 4.69) is 20.8 Å². The maximum Gasteiger partial charge on any atom is 0.339 e. The van der Waals surface area contributed by atoms with E-state index in [0.717, 1.165) is 30.7 Å². The number of esters is 1. The summed E-state index contributed by atoms with van der Waals surface area (Å²) in [6.07, 6.45) is 5.15. The van der Waals surface area contributed by atoms with Gasteiger partial charge < -0.3 is 9.64 Å². The molecule has 0 unspecified atom stereocenters. The van der Waals surface area contributed by atoms with Crippen molar-refractivity contribution >= 4 is 23.6 Å². The summed E-state index contributed by atoms with van der Waals surface area (Å²) < 4.78 is 5.33. The second kappa shape index (κ2) is 6.67. The Kier molecular flexibility index (Phi) is 4.89. The Morgan fingerprint density at radius 1 is 1.24 bits per heavy atom. The van der Waals surface area contributed by atoms with Gasteiger partial charge in [-0.3, -0.25) is 4.79 Å². The number of likely N-dealkylation sites (tertiary alicyclic amines) is 1. The molecule has 2 atom stereocenters. The van der Waals surface area contributed by atoms with E-state index in [9.17, 15) is 9.59 Å². The van der Waals surface area contributed by atoms with Crippen molar-refractivity contribution in [1.82, 2.24) is 4.90 Å². The van der Waals surface area contributed by atoms with Crippen LogP contribution in [0, 0.1) is 10.8 Å². The fourth-order valence-corrected chi connectivity index (χ4v) is 5.44. The van der Waals surface area contributed by atoms with Gasteiger partial charge in [-0.15, -0.1) is 11.8 Å². The molecule has 1 aliphatic heterocycles. The molecule has 1 amide bonds. The molecular weight excluding hydrogens is 334 g/mol. The summed E-state index contributed by atoms with van der Waals surface area (Å²) in [4.78, 5) is 27.8. The fraction of sp³-hybridized carbons (Fsp3) is 0.600. The summed E-state index contributed by atoms with van der Waals surface area (Å²) in [7, 11) is 0. The SMILES string of the molecule is CSc1ccccc1C(=O)OCC(=O)N1C[C@@]2(C)C[C@H]1CC(C)(C)C2. The second-order valence-corrected chi connectivity index (χ2v) is 9.36. The largest absolute Gasteiger partial charge is 0.452 e. The van der Waals surface area contributed by atoms with Crippen LogP contribution in [0.1, 0.15) is 50.4 Å². The third-order valence-electron chi connectivity index (χ3n) is 5.39. The molecule has 4 nitrogen and oxygen atoms in total. The van der Waals surface area contributed by atoms with E-state index < -0.39 is 5.97 Å². The van der Waals surface area contributed by atoms with Crippen LogP contribution in [-0.4, -0.2) is 42.2 Å². The zero-order chi connectivity index (χ0) is 18.2. The van der Waals surface area contributed by atoms with Crippen LogP contribution in [0.4, 0.5) is 0 Å². The molecule has 0 spiro atoms. The Morgan fingerprint density at radius 3 is 2.68 bits per heavy atom. The second-order valence-electron chi connectivity index (χ2n) is 8.51. The van der Waals surface area contributed by atoms with Crippen molar-refractivity contribution < 1.29 is 14.3 Å². The molecule has 3 rings (SSSR count). The van der Waals surface area contributed by atoms with Crippen molar-refractivity contribution in [3.8, 4) is 0 Å². The molecule has 0 aromatic heterocycles. The summed E-state index contributed by atoms with van der Waals surface area (Å²) in [6, 6.07) is 7.60. The summed E-state index contributed by atoms with van der Waals surface area (Å²) >= 11 is 1.50. The van der Waals surface area contributed by atoms with Gasteiger partial charge in [0.15, 0.2) is 6.61 Å². The number of rotatable bonds is 4. The summed E-state index contributed by atoms with van der Waals surface area (Å²) in [6.45, 7) is 7.44. The number of thioether (sulfide) groups is 1. The van der Waals surface area contributed by atoms with Gasteiger partial charge >= 0.3 is 5.97 Å². The van der Waals surface area contributed by atoms with Crippen molar-refractivity contribution in [2.45, 2.75) is 51.0 Å². The van der Waals surface area contributed by atoms with Crippen LogP contribution in [-0.2, 0) is 9.53 Å². The molecular formula is C20H27NO3S. The minimum atomic E-state index is -0.424. The minimum Gasteiger partial charge on any atom is -0.452 e. The first-order valence-electron chi connectivity index (χ1n) is 8.83. The monoisotopic (exact) mass is 361 g/mol. The quantitative estimate of drug-likeness (QED) is 0.601. The van der Waals surface area contributed by atoms with Gasteiger partial charge in [-0.25, -0.2) is 4.79 Å². The van der Waals surface area contributed by atoms with Crippen LogP contribution in [0.2, 0.25) is 0 Å². The number of carbonyl (C=O) groups is 2. The third kappa shape index (κ3) is 3.86. The average molecular weight is 362 g/mol. The number of carbonyl (C=O) groups excluding carboxylic acids is 2. The molecule has 2 bridgehead atoms. The first-order valence-corrected chi connectivity index (χ1v) is 10.1. The molecule has 136 valence electrons. The minimum absolute atomic E-state index is 0.0681. The average Bonchev–Trinajstić information content (AvgIpc) is 2.81. The molecule has 2 fully saturated rings. The maximum atomic E-state index is 12.7. The summed E-state index contributed by atoms with van der Waals surface area (Å²) in [5.74, 6) is -0.492. The van der Waals surface area contributed by atoms with Crippen LogP contribution < -0.4 is 0 Å². The highest BCUT2D eigenvalue weighted by Crippen LogP contribution is 2.52. The molecule has 1 aromatic rings. The van der Waals surface area contributed by atoms with Gasteiger partial charge in [-0.2, -0.15) is 0 Å². The van der Waals surface area contributed by atoms with Crippen molar-refractivity contribution in [2.75, 3.05) is 19.4 Å². The van der Waals surface area contributed by atoms with Crippen LogP contribution >= 0.6 is 11.8 Å². The molecule has 1 aromatic carbocycles. The van der Waals surface area contributed by atoms with Gasteiger partial charge in [0.25, 0.3) is 5.91 Å². The zero-order valence-electron chi connectivity index (χ0n) is 15.5. The standard InChI is InChI=1S/C20H27NO3S/c1-19(2)9-14-10-20(3,12-19)13-21(14)17(22)11-24-18(23)15-7-5-6-8-16(15)25-4/h5-8,14H,9-13H2,1-4H3/t14-,20+/m1/s1. The van der Waals surface area contributed by atoms with Crippen molar-refractivity contribution in [2.24, 2.45) is 10.8 Å². The van der Waals surface area contributed by atoms with Crippen LogP contribution in [0.5, 0.6) is 0 Å². The fourth-order valence-electron chi connectivity index (χ4n) is 4.85. The Hall–Kier alpha value is -1.49. The predicted molar refractivity (Wildman–Crippen MR) is 99.7 cm³/mol. The first kappa shape index (κ1) is 18.3. The molecule has 1 aliphatic carbocycles. The first-order chi connectivity index (χ1) is 11.7. The highest BCUT2D eigenvalue weighted by atomic mass is 32.2. The van der Waals surface area contributed by atoms with E-state index in [1.165, 1.54) is 11.8 Å². The third-order valence-corrected chi connectivity index (χ3v) is 6.18. The number of hydrogen-bond donors (Lipinski definition) is 0. The lowest BCUT2D eigenvalue weighted by Crippen LogP contribution is -2.39. The van der Waals surface area contributed by atoms with Crippen LogP contribution in [0.25, 0.3) is 0 Å². The Balaban J connectivity index is 1.63. The van der Waals surface area contributed by atoms with Crippen molar-refractivity contribution in [3.63, 3.8) is 0 Å². The van der Waals surface area contributed by atoms with Gasteiger partial charge in [0, 0.05) is 17.5 Å². The number of nitrogens with zero attached hydrogens (tertiary/aromatic N) is 1. The molecule has 1 saturated heterocycles. The van der Waals surface area contributed by atoms with Gasteiger partial charge in [-0.05, 0) is 48.5 Å². The normalized spacial score (nSPS) is 27.2. The Bertz CT molecular complexity index is 687. The van der Waals surface area contributed by atoms with Gasteiger partial charge in [0.1, 0.15) is 0 Å². The van der Waals surface area contributed by atoms with E-state index in [1.54, 1.807) is 6.07 Å². The number of hydrogen-bond acceptors (Lipinski definition) is 4. The Labute approximate surface area is 154 Å². The van der Waals surface area contributed by atoms with Gasteiger partial charge in [-0.1, -0.05) is 32.9 Å². The molecule has 1 saturated carbocycles. The summed E-state index contributed by atoms with van der Waals surface area (Å²) in [5, 5.41) is 0. The van der Waals surface area contributed by atoms with Gasteiger partial charge in [0.2, 0.25) is 0 Å². The van der Waals surface area contributed by atoms with Crippen molar-refractivity contribution in [1.29, 1.82) is 0 Å². The molecule has 25 heavy (non-hydrogen) atoms. The summed E-state index contributed by atoms with van der Waals surface area (Å²) in [5.41, 5.74) is 0.981. The van der Waals surface area contributed by atoms with E-state index in [-0.39, 0.29) is 29.4 Å². The van der Waals surface area contributed by atoms with Crippen molar-refractivity contribution in [3.05, 3.63) is 29.8 Å².